The molecule has 0 unspecified atom stereocenters. The van der Waals surface area contributed by atoms with Crippen LogP contribution in [0.5, 0.6) is 0 Å². The smallest absolute Gasteiger partial charge is 0.256 e. The van der Waals surface area contributed by atoms with Gasteiger partial charge in [0.2, 0.25) is 0 Å². The molecule has 0 aromatic rings. The Bertz CT molecular complexity index is 340. The van der Waals surface area contributed by atoms with Crippen molar-refractivity contribution in [3.63, 3.8) is 0 Å². The van der Waals surface area contributed by atoms with Crippen LogP contribution in [0.1, 0.15) is 39.5 Å². The lowest BCUT2D eigenvalue weighted by Crippen LogP contribution is -2.36. The molecule has 0 saturated heterocycles. The maximum Gasteiger partial charge on any atom is 0.256 e. The van der Waals surface area contributed by atoms with E-state index < -0.39 is 0 Å². The van der Waals surface area contributed by atoms with E-state index >= 15 is 0 Å². The molecule has 0 radical (unpaired) electrons. The topological polar surface area (TPSA) is 37.4 Å². The van der Waals surface area contributed by atoms with Gasteiger partial charge in [-0.1, -0.05) is 13.3 Å². The van der Waals surface area contributed by atoms with E-state index in [0.717, 1.165) is 25.7 Å². The zero-order chi connectivity index (χ0) is 11.1. The second-order valence-corrected chi connectivity index (χ2v) is 4.81. The van der Waals surface area contributed by atoms with Crippen molar-refractivity contribution in [3.8, 4) is 0 Å². The van der Waals surface area contributed by atoms with E-state index in [2.05, 4.69) is 6.92 Å². The SMILES string of the molecule is CCCC1(CN2C(=O)C=C(C)C2=O)CC1. The van der Waals surface area contributed by atoms with E-state index in [1.165, 1.54) is 11.0 Å². The Hall–Kier alpha value is -1.12. The van der Waals surface area contributed by atoms with E-state index in [1.807, 2.05) is 0 Å². The highest BCUT2D eigenvalue weighted by molar-refractivity contribution is 6.15. The lowest BCUT2D eigenvalue weighted by Gasteiger charge is -2.21. The quantitative estimate of drug-likeness (QED) is 0.660. The van der Waals surface area contributed by atoms with Crippen molar-refractivity contribution in [3.05, 3.63) is 11.6 Å². The van der Waals surface area contributed by atoms with Crippen LogP contribution in [0.15, 0.2) is 11.6 Å². The average molecular weight is 207 g/mol. The minimum atomic E-state index is -0.125. The lowest BCUT2D eigenvalue weighted by molar-refractivity contribution is -0.138. The molecule has 15 heavy (non-hydrogen) atoms. The Morgan fingerprint density at radius 3 is 2.47 bits per heavy atom. The van der Waals surface area contributed by atoms with E-state index in [0.29, 0.717) is 12.1 Å². The van der Waals surface area contributed by atoms with Crippen molar-refractivity contribution < 1.29 is 9.59 Å². The maximum absolute atomic E-state index is 11.7. The van der Waals surface area contributed by atoms with Gasteiger partial charge in [0, 0.05) is 18.2 Å². The van der Waals surface area contributed by atoms with Crippen LogP contribution < -0.4 is 0 Å². The van der Waals surface area contributed by atoms with Gasteiger partial charge in [-0.15, -0.1) is 0 Å². The highest BCUT2D eigenvalue weighted by Crippen LogP contribution is 2.50. The summed E-state index contributed by atoms with van der Waals surface area (Å²) in [6.07, 6.45) is 6.03. The fourth-order valence-corrected chi connectivity index (χ4v) is 2.32. The molecule has 0 spiro atoms. The molecule has 1 fully saturated rings. The molecule has 3 nitrogen and oxygen atoms in total. The lowest BCUT2D eigenvalue weighted by atomic mass is 10.00. The first-order valence-electron chi connectivity index (χ1n) is 5.62. The van der Waals surface area contributed by atoms with Crippen LogP contribution in [0.3, 0.4) is 0 Å². The second kappa shape index (κ2) is 3.47. The number of carbonyl (C=O) groups is 2. The van der Waals surface area contributed by atoms with E-state index in [-0.39, 0.29) is 17.2 Å². The molecule has 2 amide bonds. The van der Waals surface area contributed by atoms with Gasteiger partial charge in [-0.25, -0.2) is 0 Å². The van der Waals surface area contributed by atoms with Gasteiger partial charge in [0.05, 0.1) is 0 Å². The molecule has 0 aromatic carbocycles. The first kappa shape index (κ1) is 10.4. The van der Waals surface area contributed by atoms with Crippen molar-refractivity contribution in [2.45, 2.75) is 39.5 Å². The first-order chi connectivity index (χ1) is 7.08. The molecule has 0 aromatic heterocycles. The molecular formula is C12H17NO2. The van der Waals surface area contributed by atoms with Crippen LogP contribution in [0.25, 0.3) is 0 Å². The van der Waals surface area contributed by atoms with Gasteiger partial charge < -0.3 is 0 Å². The summed E-state index contributed by atoms with van der Waals surface area (Å²) in [7, 11) is 0. The monoisotopic (exact) mass is 207 g/mol. The number of rotatable bonds is 4. The molecule has 1 aliphatic heterocycles. The van der Waals surface area contributed by atoms with Crippen LogP contribution in [0, 0.1) is 5.41 Å². The Labute approximate surface area is 90.1 Å². The summed E-state index contributed by atoms with van der Waals surface area (Å²) in [5.41, 5.74) is 0.839. The molecular weight excluding hydrogens is 190 g/mol. The second-order valence-electron chi connectivity index (χ2n) is 4.81. The summed E-state index contributed by atoms with van der Waals surface area (Å²) >= 11 is 0. The largest absolute Gasteiger partial charge is 0.275 e. The van der Waals surface area contributed by atoms with E-state index in [1.54, 1.807) is 6.92 Å². The van der Waals surface area contributed by atoms with Gasteiger partial charge in [-0.2, -0.15) is 0 Å². The number of hydrogen-bond acceptors (Lipinski definition) is 2. The maximum atomic E-state index is 11.7. The Morgan fingerprint density at radius 1 is 1.40 bits per heavy atom. The first-order valence-corrected chi connectivity index (χ1v) is 5.62. The summed E-state index contributed by atoms with van der Waals surface area (Å²) in [5.74, 6) is -0.220. The van der Waals surface area contributed by atoms with Crippen LogP contribution >= 0.6 is 0 Å². The molecule has 0 bridgehead atoms. The Morgan fingerprint density at radius 2 is 2.07 bits per heavy atom. The summed E-state index contributed by atoms with van der Waals surface area (Å²) in [4.78, 5) is 24.6. The molecule has 0 N–H and O–H groups in total. The fourth-order valence-electron chi connectivity index (χ4n) is 2.32. The average Bonchev–Trinajstić information content (AvgIpc) is 2.89. The van der Waals surface area contributed by atoms with Crippen LogP contribution in [0.2, 0.25) is 0 Å². The summed E-state index contributed by atoms with van der Waals surface area (Å²) in [5, 5.41) is 0. The number of hydrogen-bond donors (Lipinski definition) is 0. The molecule has 82 valence electrons. The normalized spacial score (nSPS) is 23.3. The zero-order valence-electron chi connectivity index (χ0n) is 9.38. The van der Waals surface area contributed by atoms with Gasteiger partial charge in [-0.05, 0) is 31.6 Å². The van der Waals surface area contributed by atoms with Gasteiger partial charge in [0.15, 0.2) is 0 Å². The van der Waals surface area contributed by atoms with Crippen molar-refractivity contribution in [2.75, 3.05) is 6.54 Å². The molecule has 1 heterocycles. The van der Waals surface area contributed by atoms with Gasteiger partial charge in [0.25, 0.3) is 11.8 Å². The third-order valence-electron chi connectivity index (χ3n) is 3.42. The standard InChI is InChI=1S/C12H17NO2/c1-3-4-12(5-6-12)8-13-10(14)7-9(2)11(13)15/h7H,3-6,8H2,1-2H3. The van der Waals surface area contributed by atoms with Crippen molar-refractivity contribution >= 4 is 11.8 Å². The molecule has 1 aliphatic carbocycles. The van der Waals surface area contributed by atoms with Crippen LogP contribution in [0.4, 0.5) is 0 Å². The molecule has 0 atom stereocenters. The van der Waals surface area contributed by atoms with Crippen molar-refractivity contribution in [2.24, 2.45) is 5.41 Å². The van der Waals surface area contributed by atoms with Gasteiger partial charge in [0.1, 0.15) is 0 Å². The number of carbonyl (C=O) groups excluding carboxylic acids is 2. The number of nitrogens with zero attached hydrogens (tertiary/aromatic N) is 1. The molecule has 2 rings (SSSR count). The van der Waals surface area contributed by atoms with Crippen LogP contribution in [-0.2, 0) is 9.59 Å². The van der Waals surface area contributed by atoms with Gasteiger partial charge >= 0.3 is 0 Å². The molecule has 2 aliphatic rings. The fraction of sp³-hybridized carbons (Fsp3) is 0.667. The Balaban J connectivity index is 2.02. The van der Waals surface area contributed by atoms with E-state index in [4.69, 9.17) is 0 Å². The minimum absolute atomic E-state index is 0.0950. The predicted molar refractivity (Wildman–Crippen MR) is 57.1 cm³/mol. The van der Waals surface area contributed by atoms with Gasteiger partial charge in [-0.3, -0.25) is 14.5 Å². The highest BCUT2D eigenvalue weighted by atomic mass is 16.2. The molecule has 1 saturated carbocycles. The molecule has 3 heteroatoms. The van der Waals surface area contributed by atoms with Crippen LogP contribution in [-0.4, -0.2) is 23.3 Å². The zero-order valence-corrected chi connectivity index (χ0v) is 9.38. The summed E-state index contributed by atoms with van der Waals surface area (Å²) in [6, 6.07) is 0. The predicted octanol–water partition coefficient (Wildman–Crippen LogP) is 1.88. The van der Waals surface area contributed by atoms with E-state index in [9.17, 15) is 9.59 Å². The highest BCUT2D eigenvalue weighted by Gasteiger charge is 2.45. The van der Waals surface area contributed by atoms with Crippen molar-refractivity contribution in [1.29, 1.82) is 0 Å². The number of amides is 2. The minimum Gasteiger partial charge on any atom is -0.275 e. The summed E-state index contributed by atoms with van der Waals surface area (Å²) < 4.78 is 0. The number of imide groups is 1. The Kier molecular flexibility index (Phi) is 2.41. The third kappa shape index (κ3) is 1.83. The summed E-state index contributed by atoms with van der Waals surface area (Å²) in [6.45, 7) is 4.49. The third-order valence-corrected chi connectivity index (χ3v) is 3.42. The van der Waals surface area contributed by atoms with Crippen molar-refractivity contribution in [1.82, 2.24) is 4.90 Å².